The summed E-state index contributed by atoms with van der Waals surface area (Å²) in [5, 5.41) is 14.6. The number of rotatable bonds is 4. The Kier molecular flexibility index (Phi) is 3.61. The molecule has 0 fully saturated rings. The normalized spacial score (nSPS) is 10.6. The second-order valence-corrected chi connectivity index (χ2v) is 4.75. The van der Waals surface area contributed by atoms with Gasteiger partial charge in [0.15, 0.2) is 0 Å². The molecule has 2 rings (SSSR count). The van der Waals surface area contributed by atoms with Gasteiger partial charge in [-0.25, -0.2) is 0 Å². The van der Waals surface area contributed by atoms with E-state index in [4.69, 9.17) is 0 Å². The predicted octanol–water partition coefficient (Wildman–Crippen LogP) is 1.74. The SMILES string of the molecule is Cc1ccc(O)c(CNCc2csc(=O)[nH]2)c1. The molecular formula is C12H14N2O2S. The van der Waals surface area contributed by atoms with Gasteiger partial charge >= 0.3 is 4.87 Å². The molecule has 1 heterocycles. The molecule has 0 aliphatic carbocycles. The number of phenols is 1. The zero-order valence-electron chi connectivity index (χ0n) is 9.49. The highest BCUT2D eigenvalue weighted by Gasteiger charge is 2.01. The molecule has 90 valence electrons. The number of aryl methyl sites for hydroxylation is 1. The van der Waals surface area contributed by atoms with E-state index in [-0.39, 0.29) is 4.87 Å². The smallest absolute Gasteiger partial charge is 0.304 e. The van der Waals surface area contributed by atoms with E-state index in [1.54, 1.807) is 11.4 Å². The molecule has 0 aliphatic heterocycles. The number of hydrogen-bond acceptors (Lipinski definition) is 4. The quantitative estimate of drug-likeness (QED) is 0.774. The number of H-pyrrole nitrogens is 1. The van der Waals surface area contributed by atoms with Gasteiger partial charge in [-0.1, -0.05) is 29.0 Å². The highest BCUT2D eigenvalue weighted by Crippen LogP contribution is 2.17. The van der Waals surface area contributed by atoms with Crippen molar-refractivity contribution >= 4 is 11.3 Å². The molecule has 5 heteroatoms. The molecule has 3 N–H and O–H groups in total. The van der Waals surface area contributed by atoms with Crippen LogP contribution in [-0.4, -0.2) is 10.1 Å². The Bertz CT molecular complexity index is 560. The molecule has 0 saturated carbocycles. The number of thiazole rings is 1. The van der Waals surface area contributed by atoms with E-state index in [1.807, 2.05) is 19.1 Å². The number of nitrogens with one attached hydrogen (secondary N) is 2. The number of benzene rings is 1. The van der Waals surface area contributed by atoms with Crippen molar-refractivity contribution in [2.24, 2.45) is 0 Å². The Morgan fingerprint density at radius 1 is 1.41 bits per heavy atom. The summed E-state index contributed by atoms with van der Waals surface area (Å²) >= 11 is 1.16. The predicted molar refractivity (Wildman–Crippen MR) is 68.3 cm³/mol. The lowest BCUT2D eigenvalue weighted by atomic mass is 10.1. The van der Waals surface area contributed by atoms with Gasteiger partial charge in [-0.2, -0.15) is 0 Å². The Balaban J connectivity index is 1.94. The summed E-state index contributed by atoms with van der Waals surface area (Å²) in [5.41, 5.74) is 2.85. The summed E-state index contributed by atoms with van der Waals surface area (Å²) in [7, 11) is 0. The number of aromatic nitrogens is 1. The van der Waals surface area contributed by atoms with E-state index < -0.39 is 0 Å². The van der Waals surface area contributed by atoms with Crippen molar-refractivity contribution < 1.29 is 5.11 Å². The van der Waals surface area contributed by atoms with E-state index in [0.717, 1.165) is 28.2 Å². The van der Waals surface area contributed by atoms with E-state index in [1.165, 1.54) is 0 Å². The lowest BCUT2D eigenvalue weighted by molar-refractivity contribution is 0.464. The molecule has 1 aromatic carbocycles. The van der Waals surface area contributed by atoms with Crippen LogP contribution >= 0.6 is 11.3 Å². The number of aromatic hydroxyl groups is 1. The van der Waals surface area contributed by atoms with Gasteiger partial charge in [-0.3, -0.25) is 4.79 Å². The maximum Gasteiger partial charge on any atom is 0.304 e. The minimum absolute atomic E-state index is 0.0415. The van der Waals surface area contributed by atoms with Crippen LogP contribution in [0.4, 0.5) is 0 Å². The molecule has 0 aliphatic rings. The molecule has 1 aromatic heterocycles. The molecule has 0 unspecified atom stereocenters. The van der Waals surface area contributed by atoms with Crippen molar-refractivity contribution in [3.05, 3.63) is 50.1 Å². The van der Waals surface area contributed by atoms with Crippen molar-refractivity contribution in [3.63, 3.8) is 0 Å². The first-order chi connectivity index (χ1) is 8.15. The number of aromatic amines is 1. The molecule has 0 spiro atoms. The van der Waals surface area contributed by atoms with Crippen LogP contribution in [0.25, 0.3) is 0 Å². The van der Waals surface area contributed by atoms with Gasteiger partial charge in [0.1, 0.15) is 5.75 Å². The maximum atomic E-state index is 10.9. The Morgan fingerprint density at radius 2 is 2.24 bits per heavy atom. The summed E-state index contributed by atoms with van der Waals surface area (Å²) in [4.78, 5) is 13.6. The molecule has 0 amide bonds. The fourth-order valence-electron chi connectivity index (χ4n) is 1.59. The van der Waals surface area contributed by atoms with Gasteiger partial charge in [0.2, 0.25) is 0 Å². The van der Waals surface area contributed by atoms with Crippen molar-refractivity contribution in [1.82, 2.24) is 10.3 Å². The van der Waals surface area contributed by atoms with Gasteiger partial charge in [-0.05, 0) is 13.0 Å². The van der Waals surface area contributed by atoms with E-state index in [0.29, 0.717) is 18.8 Å². The van der Waals surface area contributed by atoms with E-state index in [9.17, 15) is 9.90 Å². The van der Waals surface area contributed by atoms with Crippen LogP contribution in [0, 0.1) is 6.92 Å². The first-order valence-corrected chi connectivity index (χ1v) is 6.19. The van der Waals surface area contributed by atoms with Crippen LogP contribution in [0.3, 0.4) is 0 Å². The third-order valence-corrected chi connectivity index (χ3v) is 3.16. The van der Waals surface area contributed by atoms with E-state index >= 15 is 0 Å². The zero-order chi connectivity index (χ0) is 12.3. The average molecular weight is 250 g/mol. The van der Waals surface area contributed by atoms with Crippen LogP contribution in [0.5, 0.6) is 5.75 Å². The summed E-state index contributed by atoms with van der Waals surface area (Å²) < 4.78 is 0. The largest absolute Gasteiger partial charge is 0.508 e. The first kappa shape index (κ1) is 11.9. The lowest BCUT2D eigenvalue weighted by Crippen LogP contribution is -2.14. The molecule has 0 saturated heterocycles. The fraction of sp³-hybridized carbons (Fsp3) is 0.250. The summed E-state index contributed by atoms with van der Waals surface area (Å²) in [6, 6.07) is 5.51. The third-order valence-electron chi connectivity index (χ3n) is 2.44. The first-order valence-electron chi connectivity index (χ1n) is 5.31. The monoisotopic (exact) mass is 250 g/mol. The highest BCUT2D eigenvalue weighted by molar-refractivity contribution is 7.07. The lowest BCUT2D eigenvalue weighted by Gasteiger charge is -2.06. The van der Waals surface area contributed by atoms with Crippen LogP contribution in [0.2, 0.25) is 0 Å². The van der Waals surface area contributed by atoms with Crippen molar-refractivity contribution in [3.8, 4) is 5.75 Å². The van der Waals surface area contributed by atoms with Crippen molar-refractivity contribution in [2.45, 2.75) is 20.0 Å². The molecule has 4 nitrogen and oxygen atoms in total. The van der Waals surface area contributed by atoms with Crippen molar-refractivity contribution in [2.75, 3.05) is 0 Å². The number of phenolic OH excluding ortho intramolecular Hbond substituents is 1. The summed E-state index contributed by atoms with van der Waals surface area (Å²) in [5.74, 6) is 0.293. The molecule has 0 radical (unpaired) electrons. The second kappa shape index (κ2) is 5.16. The molecule has 2 aromatic rings. The average Bonchev–Trinajstić information content (AvgIpc) is 2.69. The Labute approximate surface area is 103 Å². The fourth-order valence-corrected chi connectivity index (χ4v) is 2.17. The second-order valence-electron chi connectivity index (χ2n) is 3.91. The molecule has 17 heavy (non-hydrogen) atoms. The molecule has 0 atom stereocenters. The van der Waals surface area contributed by atoms with Gasteiger partial charge in [0.25, 0.3) is 0 Å². The zero-order valence-corrected chi connectivity index (χ0v) is 10.3. The van der Waals surface area contributed by atoms with Gasteiger partial charge in [-0.15, -0.1) is 0 Å². The molecule has 0 bridgehead atoms. The summed E-state index contributed by atoms with van der Waals surface area (Å²) in [6.45, 7) is 3.15. The maximum absolute atomic E-state index is 10.9. The van der Waals surface area contributed by atoms with E-state index in [2.05, 4.69) is 10.3 Å². The summed E-state index contributed by atoms with van der Waals surface area (Å²) in [6.07, 6.45) is 0. The van der Waals surface area contributed by atoms with Gasteiger partial charge in [0.05, 0.1) is 0 Å². The van der Waals surface area contributed by atoms with Crippen LogP contribution in [0.1, 0.15) is 16.8 Å². The minimum atomic E-state index is -0.0415. The Hall–Kier alpha value is -1.59. The van der Waals surface area contributed by atoms with Gasteiger partial charge < -0.3 is 15.4 Å². The van der Waals surface area contributed by atoms with Crippen LogP contribution < -0.4 is 10.2 Å². The molecular weight excluding hydrogens is 236 g/mol. The minimum Gasteiger partial charge on any atom is -0.508 e. The Morgan fingerprint density at radius 3 is 2.94 bits per heavy atom. The third kappa shape index (κ3) is 3.18. The van der Waals surface area contributed by atoms with Gasteiger partial charge in [0, 0.05) is 29.7 Å². The number of hydrogen-bond donors (Lipinski definition) is 3. The van der Waals surface area contributed by atoms with Crippen molar-refractivity contribution in [1.29, 1.82) is 0 Å². The van der Waals surface area contributed by atoms with Crippen LogP contribution in [-0.2, 0) is 13.1 Å². The topological polar surface area (TPSA) is 65.1 Å². The standard InChI is InChI=1S/C12H14N2O2S/c1-8-2-3-11(15)9(4-8)5-13-6-10-7-17-12(16)14-10/h2-4,7,13,15H,5-6H2,1H3,(H,14,16). The highest BCUT2D eigenvalue weighted by atomic mass is 32.1. The van der Waals surface area contributed by atoms with Crippen LogP contribution in [0.15, 0.2) is 28.4 Å².